The minimum absolute atomic E-state index is 0.0390. The van der Waals surface area contributed by atoms with Gasteiger partial charge in [0, 0.05) is 6.42 Å². The number of hydrogen-bond acceptors (Lipinski definition) is 3. The number of amides is 1. The molecule has 0 aromatic heterocycles. The van der Waals surface area contributed by atoms with Crippen LogP contribution in [0.3, 0.4) is 0 Å². The van der Waals surface area contributed by atoms with E-state index in [1.807, 2.05) is 0 Å². The number of aliphatic hydroxyl groups is 2. The minimum atomic E-state index is -0.659. The van der Waals surface area contributed by atoms with Gasteiger partial charge in [-0.25, -0.2) is 0 Å². The molecule has 4 heteroatoms. The molecular weight excluding hydrogens is 663 g/mol. The Balaban J connectivity index is 3.36. The van der Waals surface area contributed by atoms with E-state index in [1.165, 1.54) is 231 Å². The van der Waals surface area contributed by atoms with Gasteiger partial charge in [-0.15, -0.1) is 0 Å². The van der Waals surface area contributed by atoms with Crippen LogP contribution in [0, 0.1) is 0 Å². The molecule has 0 bridgehead atoms. The van der Waals surface area contributed by atoms with Crippen molar-refractivity contribution in [2.45, 2.75) is 296 Å². The number of hydrogen-bond donors (Lipinski definition) is 3. The highest BCUT2D eigenvalue weighted by Gasteiger charge is 2.20. The summed E-state index contributed by atoms with van der Waals surface area (Å²) in [6, 6.07) is -0.537. The number of rotatable bonds is 46. The van der Waals surface area contributed by atoms with Crippen molar-refractivity contribution in [1.29, 1.82) is 0 Å². The van der Waals surface area contributed by atoms with Crippen molar-refractivity contribution in [2.24, 2.45) is 0 Å². The first-order valence-corrected chi connectivity index (χ1v) is 24.9. The van der Waals surface area contributed by atoms with Crippen molar-refractivity contribution >= 4 is 5.91 Å². The number of carbonyl (C=O) groups is 1. The van der Waals surface area contributed by atoms with Gasteiger partial charge in [0.2, 0.25) is 5.91 Å². The maximum Gasteiger partial charge on any atom is 0.220 e. The largest absolute Gasteiger partial charge is 0.394 e. The van der Waals surface area contributed by atoms with E-state index >= 15 is 0 Å². The molecule has 0 saturated heterocycles. The summed E-state index contributed by atoms with van der Waals surface area (Å²) < 4.78 is 0. The molecule has 2 atom stereocenters. The van der Waals surface area contributed by atoms with Crippen LogP contribution in [0.25, 0.3) is 0 Å². The fraction of sp³-hybridized carbons (Fsp3) is 0.940. The molecule has 0 heterocycles. The normalized spacial score (nSPS) is 12.9. The first-order valence-electron chi connectivity index (χ1n) is 24.9. The molecule has 0 aliphatic heterocycles. The molecule has 0 rings (SSSR count). The average molecular weight is 762 g/mol. The number of carbonyl (C=O) groups excluding carboxylic acids is 1. The van der Waals surface area contributed by atoms with Crippen LogP contribution >= 0.6 is 0 Å². The standard InChI is InChI=1S/C50H99NO3/c1-3-5-7-9-11-13-15-16-17-18-19-20-21-22-23-24-25-26-27-28-29-30-31-32-33-34-36-37-39-41-43-45-49(53)48(47-52)51-50(54)46-44-42-40-38-35-14-12-10-8-6-4-2/h10,12,48-49,52-53H,3-9,11,13-47H2,1-2H3,(H,51,54)/b12-10-. The zero-order chi connectivity index (χ0) is 39.3. The predicted octanol–water partition coefficient (Wildman–Crippen LogP) is 15.8. The minimum Gasteiger partial charge on any atom is -0.394 e. The predicted molar refractivity (Wildman–Crippen MR) is 239 cm³/mol. The molecule has 0 aromatic carbocycles. The fourth-order valence-electron chi connectivity index (χ4n) is 7.93. The van der Waals surface area contributed by atoms with Gasteiger partial charge >= 0.3 is 0 Å². The lowest BCUT2D eigenvalue weighted by molar-refractivity contribution is -0.123. The molecule has 4 nitrogen and oxygen atoms in total. The molecule has 0 spiro atoms. The van der Waals surface area contributed by atoms with E-state index in [2.05, 4.69) is 31.3 Å². The third-order valence-electron chi connectivity index (χ3n) is 11.8. The zero-order valence-corrected chi connectivity index (χ0v) is 37.0. The second kappa shape index (κ2) is 46.5. The Morgan fingerprint density at radius 1 is 0.426 bits per heavy atom. The van der Waals surface area contributed by atoms with Gasteiger partial charge in [-0.1, -0.05) is 257 Å². The van der Waals surface area contributed by atoms with Crippen LogP contribution in [0.1, 0.15) is 284 Å². The Bertz CT molecular complexity index is 739. The summed E-state index contributed by atoms with van der Waals surface area (Å²) in [4.78, 5) is 12.3. The SMILES string of the molecule is CCCC/C=C\CCCCCCCC(=O)NC(CO)C(O)CCCCCCCCCCCCCCCCCCCCCCCCCCCCCCCCC. The number of allylic oxidation sites excluding steroid dienone is 2. The third-order valence-corrected chi connectivity index (χ3v) is 11.8. The first kappa shape index (κ1) is 53.1. The second-order valence-corrected chi connectivity index (χ2v) is 17.2. The molecule has 0 aromatic rings. The van der Waals surface area contributed by atoms with Crippen molar-refractivity contribution in [3.05, 3.63) is 12.2 Å². The maximum absolute atomic E-state index is 12.3. The lowest BCUT2D eigenvalue weighted by Crippen LogP contribution is -2.45. The topological polar surface area (TPSA) is 69.6 Å². The Hall–Kier alpha value is -0.870. The van der Waals surface area contributed by atoms with Gasteiger partial charge in [-0.2, -0.15) is 0 Å². The molecule has 0 radical (unpaired) electrons. The summed E-state index contributed by atoms with van der Waals surface area (Å²) in [6.07, 6.45) is 59.1. The van der Waals surface area contributed by atoms with Crippen LogP contribution in [0.4, 0.5) is 0 Å². The molecule has 0 fully saturated rings. The van der Waals surface area contributed by atoms with Gasteiger partial charge in [0.15, 0.2) is 0 Å². The van der Waals surface area contributed by atoms with Gasteiger partial charge in [0.25, 0.3) is 0 Å². The molecule has 2 unspecified atom stereocenters. The summed E-state index contributed by atoms with van der Waals surface area (Å²) in [5.41, 5.74) is 0. The monoisotopic (exact) mass is 762 g/mol. The maximum atomic E-state index is 12.3. The van der Waals surface area contributed by atoms with E-state index in [1.54, 1.807) is 0 Å². The smallest absolute Gasteiger partial charge is 0.220 e. The first-order chi connectivity index (χ1) is 26.7. The molecule has 322 valence electrons. The van der Waals surface area contributed by atoms with Crippen LogP contribution in [-0.4, -0.2) is 34.9 Å². The molecule has 3 N–H and O–H groups in total. The molecular formula is C50H99NO3. The van der Waals surface area contributed by atoms with E-state index in [-0.39, 0.29) is 12.5 Å². The number of aliphatic hydroxyl groups excluding tert-OH is 2. The van der Waals surface area contributed by atoms with Crippen molar-refractivity contribution < 1.29 is 15.0 Å². The van der Waals surface area contributed by atoms with Crippen molar-refractivity contribution in [3.8, 4) is 0 Å². The third kappa shape index (κ3) is 42.3. The highest BCUT2D eigenvalue weighted by Crippen LogP contribution is 2.17. The molecule has 0 aliphatic rings. The van der Waals surface area contributed by atoms with Crippen molar-refractivity contribution in [2.75, 3.05) is 6.61 Å². The van der Waals surface area contributed by atoms with Crippen LogP contribution in [0.15, 0.2) is 12.2 Å². The fourth-order valence-corrected chi connectivity index (χ4v) is 7.93. The summed E-state index contributed by atoms with van der Waals surface area (Å²) in [5, 5.41) is 23.2. The highest BCUT2D eigenvalue weighted by molar-refractivity contribution is 5.76. The van der Waals surface area contributed by atoms with Crippen LogP contribution in [0.5, 0.6) is 0 Å². The Labute approximate surface area is 339 Å². The Morgan fingerprint density at radius 2 is 0.722 bits per heavy atom. The van der Waals surface area contributed by atoms with E-state index in [4.69, 9.17) is 0 Å². The average Bonchev–Trinajstić information content (AvgIpc) is 3.18. The van der Waals surface area contributed by atoms with E-state index in [9.17, 15) is 15.0 Å². The van der Waals surface area contributed by atoms with Crippen LogP contribution < -0.4 is 5.32 Å². The van der Waals surface area contributed by atoms with Gasteiger partial charge in [0.05, 0.1) is 18.8 Å². The zero-order valence-electron chi connectivity index (χ0n) is 37.0. The van der Waals surface area contributed by atoms with E-state index < -0.39 is 12.1 Å². The van der Waals surface area contributed by atoms with E-state index in [0.717, 1.165) is 25.7 Å². The summed E-state index contributed by atoms with van der Waals surface area (Å²) in [7, 11) is 0. The van der Waals surface area contributed by atoms with Gasteiger partial charge in [0.1, 0.15) is 0 Å². The lowest BCUT2D eigenvalue weighted by Gasteiger charge is -2.22. The van der Waals surface area contributed by atoms with Crippen molar-refractivity contribution in [1.82, 2.24) is 5.32 Å². The quantitative estimate of drug-likeness (QED) is 0.0427. The number of nitrogens with one attached hydrogen (secondary N) is 1. The van der Waals surface area contributed by atoms with Crippen LogP contribution in [-0.2, 0) is 4.79 Å². The highest BCUT2D eigenvalue weighted by atomic mass is 16.3. The Kier molecular flexibility index (Phi) is 45.8. The van der Waals surface area contributed by atoms with Crippen molar-refractivity contribution in [3.63, 3.8) is 0 Å². The van der Waals surface area contributed by atoms with E-state index in [0.29, 0.717) is 12.8 Å². The lowest BCUT2D eigenvalue weighted by atomic mass is 10.0. The second-order valence-electron chi connectivity index (χ2n) is 17.2. The Morgan fingerprint density at radius 3 is 1.07 bits per heavy atom. The summed E-state index contributed by atoms with van der Waals surface area (Å²) >= 11 is 0. The summed E-state index contributed by atoms with van der Waals surface area (Å²) in [5.74, 6) is -0.0390. The van der Waals surface area contributed by atoms with Gasteiger partial charge in [-0.3, -0.25) is 4.79 Å². The van der Waals surface area contributed by atoms with Crippen LogP contribution in [0.2, 0.25) is 0 Å². The van der Waals surface area contributed by atoms with Gasteiger partial charge < -0.3 is 15.5 Å². The molecule has 1 amide bonds. The number of unbranched alkanes of at least 4 members (excludes halogenated alkanes) is 37. The molecule has 54 heavy (non-hydrogen) atoms. The summed E-state index contributed by atoms with van der Waals surface area (Å²) in [6.45, 7) is 4.34. The molecule has 0 saturated carbocycles. The molecule has 0 aliphatic carbocycles. The van der Waals surface area contributed by atoms with Gasteiger partial charge in [-0.05, 0) is 32.1 Å².